The van der Waals surface area contributed by atoms with Crippen molar-refractivity contribution in [1.29, 1.82) is 0 Å². The fourth-order valence-electron chi connectivity index (χ4n) is 8.25. The molecule has 4 heterocycles. The third-order valence-electron chi connectivity index (χ3n) is 10.8. The number of alkyl halides is 3. The number of carbonyl (C=O) groups excluding carboxylic acids is 3. The van der Waals surface area contributed by atoms with Crippen LogP contribution < -0.4 is 16.2 Å². The van der Waals surface area contributed by atoms with Gasteiger partial charge in [0.1, 0.15) is 19.0 Å². The molecule has 2 aromatic rings. The summed E-state index contributed by atoms with van der Waals surface area (Å²) in [5.74, 6) is -1.61. The first kappa shape index (κ1) is 33.9. The number of aromatic hydroxyl groups is 1. The van der Waals surface area contributed by atoms with Gasteiger partial charge in [-0.1, -0.05) is 13.0 Å². The number of hydrogen-bond donors (Lipinski definition) is 4. The molecule has 266 valence electrons. The highest BCUT2D eigenvalue weighted by atomic mass is 19.4. The van der Waals surface area contributed by atoms with E-state index < -0.39 is 35.8 Å². The molecule has 7 rings (SSSR count). The van der Waals surface area contributed by atoms with Crippen LogP contribution in [0.4, 0.5) is 18.9 Å². The van der Waals surface area contributed by atoms with E-state index in [9.17, 15) is 32.7 Å². The second-order valence-corrected chi connectivity index (χ2v) is 13.7. The Morgan fingerprint density at radius 3 is 2.66 bits per heavy atom. The van der Waals surface area contributed by atoms with E-state index in [1.54, 1.807) is 11.8 Å². The van der Waals surface area contributed by atoms with Gasteiger partial charge in [-0.15, -0.1) is 0 Å². The number of carbonyl (C=O) groups is 3. The lowest BCUT2D eigenvalue weighted by atomic mass is 9.66. The van der Waals surface area contributed by atoms with Gasteiger partial charge in [-0.3, -0.25) is 19.4 Å². The van der Waals surface area contributed by atoms with Gasteiger partial charge in [-0.25, -0.2) is 20.4 Å². The summed E-state index contributed by atoms with van der Waals surface area (Å²) < 4.78 is 44.9. The summed E-state index contributed by atoms with van der Waals surface area (Å²) in [6.45, 7) is 4.54. The van der Waals surface area contributed by atoms with Gasteiger partial charge in [-0.05, 0) is 74.3 Å². The van der Waals surface area contributed by atoms with Crippen LogP contribution in [0, 0.1) is 24.2 Å². The van der Waals surface area contributed by atoms with Gasteiger partial charge in [-0.2, -0.15) is 13.2 Å². The number of amides is 3. The quantitative estimate of drug-likeness (QED) is 0.344. The Morgan fingerprint density at radius 2 is 1.96 bits per heavy atom. The predicted molar refractivity (Wildman–Crippen MR) is 172 cm³/mol. The second kappa shape index (κ2) is 12.7. The summed E-state index contributed by atoms with van der Waals surface area (Å²) in [6, 6.07) is 3.97. The molecule has 1 spiro atoms. The number of benzene rings is 1. The maximum atomic E-state index is 14.8. The van der Waals surface area contributed by atoms with Gasteiger partial charge in [0.25, 0.3) is 11.8 Å². The normalized spacial score (nSPS) is 28.4. The van der Waals surface area contributed by atoms with E-state index in [2.05, 4.69) is 33.1 Å². The van der Waals surface area contributed by atoms with Gasteiger partial charge in [0.05, 0.1) is 24.5 Å². The van der Waals surface area contributed by atoms with E-state index in [4.69, 9.17) is 4.74 Å². The van der Waals surface area contributed by atoms with Gasteiger partial charge in [0.15, 0.2) is 11.4 Å². The summed E-state index contributed by atoms with van der Waals surface area (Å²) in [7, 11) is 1.86. The van der Waals surface area contributed by atoms with Crippen LogP contribution >= 0.6 is 0 Å². The molecule has 2 fully saturated rings. The number of likely N-dealkylation sites (tertiary alicyclic amines) is 1. The van der Waals surface area contributed by atoms with Crippen molar-refractivity contribution in [2.75, 3.05) is 38.7 Å². The molecule has 1 aromatic heterocycles. The van der Waals surface area contributed by atoms with Crippen LogP contribution in [0.1, 0.15) is 54.4 Å². The fourth-order valence-corrected chi connectivity index (χ4v) is 8.25. The minimum Gasteiger partial charge on any atom is -0.504 e. The molecule has 3 amide bonds. The number of anilines is 1. The third kappa shape index (κ3) is 5.88. The topological polar surface area (TPSA) is 152 Å². The number of hydrazine groups is 2. The first-order valence-corrected chi connectivity index (χ1v) is 16.7. The number of hydrogen-bond acceptors (Lipinski definition) is 10. The maximum absolute atomic E-state index is 14.8. The minimum absolute atomic E-state index is 0.0287. The summed E-state index contributed by atoms with van der Waals surface area (Å²) >= 11 is 0. The van der Waals surface area contributed by atoms with Crippen molar-refractivity contribution in [3.63, 3.8) is 0 Å². The highest BCUT2D eigenvalue weighted by molar-refractivity contribution is 6.01. The van der Waals surface area contributed by atoms with Crippen LogP contribution in [-0.4, -0.2) is 93.3 Å². The van der Waals surface area contributed by atoms with Gasteiger partial charge in [0, 0.05) is 42.0 Å². The molecule has 4 N–H and O–H groups in total. The standard InChI is InChI=1S/C34H39F3N8O5/c1-18-14-24-27(33(18)10-11-44(25-15-23(25)33)32(49)28-29(47)19(2)38-17-39-28)31(48)45(42-30(43(3)41-24)20-8-12-50-13-9-20)16-26(46)40-22-6-4-21(5-7-22)34(35,36)37/h4-8,17-18,23,25,30,41-42,47H,9-16H2,1-3H3,(H,40,46)/t18?,23?,25?,30?,33-/m0/s1. The number of nitrogens with one attached hydrogen (secondary N) is 3. The second-order valence-electron chi connectivity index (χ2n) is 13.7. The van der Waals surface area contributed by atoms with Crippen molar-refractivity contribution < 1.29 is 37.4 Å². The average Bonchev–Trinajstić information content (AvgIpc) is 3.84. The molecular formula is C34H39F3N8O5. The van der Waals surface area contributed by atoms with Crippen molar-refractivity contribution in [2.24, 2.45) is 17.3 Å². The Kier molecular flexibility index (Phi) is 8.59. The first-order chi connectivity index (χ1) is 23.8. The largest absolute Gasteiger partial charge is 0.504 e. The number of halogens is 3. The van der Waals surface area contributed by atoms with Crippen LogP contribution in [0.15, 0.2) is 53.5 Å². The molecule has 1 aromatic carbocycles. The monoisotopic (exact) mass is 696 g/mol. The molecule has 0 bridgehead atoms. The minimum atomic E-state index is -4.52. The van der Waals surface area contributed by atoms with Crippen molar-refractivity contribution in [3.8, 4) is 5.75 Å². The number of allylic oxidation sites excluding steroid dienone is 1. The first-order valence-electron chi connectivity index (χ1n) is 16.7. The SMILES string of the molecule is Cc1ncnc(C(=O)N2CC[C@@]3(C4=C(CC3C)NN(C)C(C3=CCOCC3)NN(CC(=O)Nc3ccc(C(F)(F)F)cc3)C4=O)C3CC32)c1O. The lowest BCUT2D eigenvalue weighted by Gasteiger charge is -2.45. The van der Waals surface area contributed by atoms with Crippen molar-refractivity contribution in [2.45, 2.75) is 57.9 Å². The lowest BCUT2D eigenvalue weighted by Crippen LogP contribution is -2.62. The zero-order valence-corrected chi connectivity index (χ0v) is 27.9. The smallest absolute Gasteiger partial charge is 0.416 e. The van der Waals surface area contributed by atoms with Crippen LogP contribution in [0.3, 0.4) is 0 Å². The summed E-state index contributed by atoms with van der Waals surface area (Å²) in [5, 5.41) is 16.4. The number of likely N-dealkylation sites (N-methyl/N-ethyl adjacent to an activating group) is 1. The molecule has 16 heteroatoms. The van der Waals surface area contributed by atoms with Gasteiger partial charge >= 0.3 is 6.18 Å². The van der Waals surface area contributed by atoms with E-state index in [0.29, 0.717) is 56.7 Å². The van der Waals surface area contributed by atoms with Crippen LogP contribution in [0.25, 0.3) is 0 Å². The Hall–Kier alpha value is -4.54. The Bertz CT molecular complexity index is 1780. The Balaban J connectivity index is 1.18. The zero-order chi connectivity index (χ0) is 35.5. The maximum Gasteiger partial charge on any atom is 0.416 e. The molecule has 4 unspecified atom stereocenters. The number of rotatable bonds is 5. The van der Waals surface area contributed by atoms with Crippen LogP contribution in [-0.2, 0) is 20.5 Å². The Labute approximate surface area is 286 Å². The predicted octanol–water partition coefficient (Wildman–Crippen LogP) is 3.12. The molecule has 3 aliphatic heterocycles. The highest BCUT2D eigenvalue weighted by Gasteiger charge is 2.66. The molecule has 0 radical (unpaired) electrons. The van der Waals surface area contributed by atoms with E-state index in [1.165, 1.54) is 23.5 Å². The van der Waals surface area contributed by atoms with E-state index in [0.717, 1.165) is 23.4 Å². The van der Waals surface area contributed by atoms with Crippen molar-refractivity contribution in [3.05, 3.63) is 70.5 Å². The fraction of sp³-hybridized carbons (Fsp3) is 0.500. The van der Waals surface area contributed by atoms with Gasteiger partial charge in [0.2, 0.25) is 5.91 Å². The molecule has 5 aliphatic rings. The van der Waals surface area contributed by atoms with Crippen molar-refractivity contribution >= 4 is 23.4 Å². The summed E-state index contributed by atoms with van der Waals surface area (Å²) in [6.07, 6.45) is 0.496. The molecular weight excluding hydrogens is 657 g/mol. The van der Waals surface area contributed by atoms with Crippen LogP contribution in [0.5, 0.6) is 5.75 Å². The lowest BCUT2D eigenvalue weighted by molar-refractivity contribution is -0.139. The number of fused-ring (bicyclic) bond motifs is 3. The van der Waals surface area contributed by atoms with Crippen molar-refractivity contribution in [1.82, 2.24) is 35.7 Å². The van der Waals surface area contributed by atoms with E-state index in [1.807, 2.05) is 18.1 Å². The highest BCUT2D eigenvalue weighted by Crippen LogP contribution is 2.65. The molecule has 1 saturated heterocycles. The van der Waals surface area contributed by atoms with Gasteiger partial charge < -0.3 is 25.5 Å². The van der Waals surface area contributed by atoms with Crippen LogP contribution in [0.2, 0.25) is 0 Å². The molecule has 2 aliphatic carbocycles. The number of ether oxygens (including phenoxy) is 1. The molecule has 5 atom stereocenters. The molecule has 13 nitrogen and oxygen atoms in total. The third-order valence-corrected chi connectivity index (χ3v) is 10.8. The van der Waals surface area contributed by atoms with E-state index >= 15 is 0 Å². The summed E-state index contributed by atoms with van der Waals surface area (Å²) in [5.41, 5.74) is 8.06. The number of nitrogens with zero attached hydrogens (tertiary/aromatic N) is 5. The zero-order valence-electron chi connectivity index (χ0n) is 27.9. The molecule has 50 heavy (non-hydrogen) atoms. The summed E-state index contributed by atoms with van der Waals surface area (Å²) in [4.78, 5) is 51.6. The average molecular weight is 697 g/mol. The number of aromatic nitrogens is 2. The number of aryl methyl sites for hydroxylation is 1. The Morgan fingerprint density at radius 1 is 1.20 bits per heavy atom. The molecule has 1 saturated carbocycles. The number of piperidine rings is 1. The van der Waals surface area contributed by atoms with E-state index in [-0.39, 0.29) is 46.8 Å².